The number of carboxylic acid groups (broad SMARTS) is 1. The molecule has 0 aliphatic carbocycles. The third-order valence-electron chi connectivity index (χ3n) is 2.98. The number of aromatic carboxylic acids is 1. The molecule has 0 saturated carbocycles. The maximum atomic E-state index is 11.1. The van der Waals surface area contributed by atoms with Gasteiger partial charge in [-0.15, -0.1) is 0 Å². The monoisotopic (exact) mass is 263 g/mol. The van der Waals surface area contributed by atoms with E-state index in [1.807, 2.05) is 38.1 Å². The molecule has 0 atom stereocenters. The van der Waals surface area contributed by atoms with Crippen LogP contribution in [-0.4, -0.2) is 15.6 Å². The predicted molar refractivity (Wildman–Crippen MR) is 72.2 cm³/mol. The van der Waals surface area contributed by atoms with Gasteiger partial charge in [-0.05, 0) is 43.7 Å². The molecule has 2 rings (SSSR count). The molecule has 0 fully saturated rings. The van der Waals surface area contributed by atoms with Crippen molar-refractivity contribution in [1.82, 2.24) is 4.57 Å². The maximum Gasteiger partial charge on any atom is 0.352 e. The topological polar surface area (TPSA) is 42.2 Å². The van der Waals surface area contributed by atoms with E-state index >= 15 is 0 Å². The van der Waals surface area contributed by atoms with Crippen LogP contribution in [0.25, 0.3) is 11.3 Å². The zero-order valence-corrected chi connectivity index (χ0v) is 11.0. The molecule has 0 spiro atoms. The lowest BCUT2D eigenvalue weighted by Crippen LogP contribution is -2.08. The highest BCUT2D eigenvalue weighted by molar-refractivity contribution is 6.30. The van der Waals surface area contributed by atoms with Crippen molar-refractivity contribution in [1.29, 1.82) is 0 Å². The first-order chi connectivity index (χ1) is 8.54. The molecule has 1 aromatic heterocycles. The van der Waals surface area contributed by atoms with E-state index in [1.165, 1.54) is 0 Å². The molecule has 0 aliphatic heterocycles. The molecular formula is C14H14ClNO2. The molecule has 3 nitrogen and oxygen atoms in total. The van der Waals surface area contributed by atoms with Crippen molar-refractivity contribution in [2.24, 2.45) is 0 Å². The molecule has 1 aromatic carbocycles. The van der Waals surface area contributed by atoms with Gasteiger partial charge in [0.15, 0.2) is 0 Å². The van der Waals surface area contributed by atoms with Crippen molar-refractivity contribution < 1.29 is 9.90 Å². The zero-order chi connectivity index (χ0) is 13.3. The first-order valence-electron chi connectivity index (χ1n) is 5.74. The van der Waals surface area contributed by atoms with Gasteiger partial charge in [0.1, 0.15) is 5.69 Å². The van der Waals surface area contributed by atoms with Gasteiger partial charge in [0.25, 0.3) is 0 Å². The van der Waals surface area contributed by atoms with E-state index in [0.29, 0.717) is 17.3 Å². The minimum atomic E-state index is -0.908. The summed E-state index contributed by atoms with van der Waals surface area (Å²) in [4.78, 5) is 11.1. The summed E-state index contributed by atoms with van der Waals surface area (Å²) >= 11 is 5.93. The van der Waals surface area contributed by atoms with Gasteiger partial charge in [-0.2, -0.15) is 0 Å². The lowest BCUT2D eigenvalue weighted by atomic mass is 10.1. The summed E-state index contributed by atoms with van der Waals surface area (Å²) in [5.74, 6) is -0.908. The highest BCUT2D eigenvalue weighted by atomic mass is 35.5. The number of aromatic nitrogens is 1. The van der Waals surface area contributed by atoms with Crippen molar-refractivity contribution in [2.75, 3.05) is 0 Å². The summed E-state index contributed by atoms with van der Waals surface area (Å²) in [7, 11) is 0. The van der Waals surface area contributed by atoms with Crippen molar-refractivity contribution in [3.63, 3.8) is 0 Å². The van der Waals surface area contributed by atoms with E-state index in [1.54, 1.807) is 10.6 Å². The second-order valence-electron chi connectivity index (χ2n) is 4.11. The van der Waals surface area contributed by atoms with Crippen molar-refractivity contribution in [3.05, 3.63) is 46.6 Å². The molecule has 0 bridgehead atoms. The average Bonchev–Trinajstić information content (AvgIpc) is 2.72. The molecule has 0 amide bonds. The summed E-state index contributed by atoms with van der Waals surface area (Å²) in [6.07, 6.45) is 0. The lowest BCUT2D eigenvalue weighted by Gasteiger charge is -2.11. The van der Waals surface area contributed by atoms with Gasteiger partial charge in [-0.25, -0.2) is 4.79 Å². The van der Waals surface area contributed by atoms with Crippen molar-refractivity contribution in [2.45, 2.75) is 20.4 Å². The van der Waals surface area contributed by atoms with E-state index in [4.69, 9.17) is 16.7 Å². The van der Waals surface area contributed by atoms with Gasteiger partial charge in [0, 0.05) is 22.8 Å². The maximum absolute atomic E-state index is 11.1. The number of carbonyl (C=O) groups is 1. The zero-order valence-electron chi connectivity index (χ0n) is 10.3. The Balaban J connectivity index is 2.60. The molecule has 1 heterocycles. The Morgan fingerprint density at radius 1 is 1.33 bits per heavy atom. The van der Waals surface area contributed by atoms with Crippen LogP contribution in [0.15, 0.2) is 30.3 Å². The molecular weight excluding hydrogens is 250 g/mol. The Kier molecular flexibility index (Phi) is 3.43. The number of aryl methyl sites for hydroxylation is 1. The summed E-state index contributed by atoms with van der Waals surface area (Å²) in [5, 5.41) is 9.81. The van der Waals surface area contributed by atoms with Crippen LogP contribution in [0.1, 0.15) is 23.0 Å². The molecule has 0 saturated heterocycles. The summed E-state index contributed by atoms with van der Waals surface area (Å²) in [6.45, 7) is 4.52. The van der Waals surface area contributed by atoms with E-state index in [-0.39, 0.29) is 0 Å². The van der Waals surface area contributed by atoms with Crippen LogP contribution < -0.4 is 0 Å². The number of halogens is 1. The molecule has 94 valence electrons. The highest BCUT2D eigenvalue weighted by Crippen LogP contribution is 2.28. The number of nitrogens with zero attached hydrogens (tertiary/aromatic N) is 1. The fourth-order valence-corrected chi connectivity index (χ4v) is 2.37. The van der Waals surface area contributed by atoms with Crippen molar-refractivity contribution >= 4 is 17.6 Å². The Labute approximate surface area is 111 Å². The lowest BCUT2D eigenvalue weighted by molar-refractivity contribution is 0.0685. The van der Waals surface area contributed by atoms with E-state index in [2.05, 4.69) is 0 Å². The number of carboxylic acids is 1. The van der Waals surface area contributed by atoms with E-state index in [9.17, 15) is 4.79 Å². The predicted octanol–water partition coefficient (Wildman–Crippen LogP) is 3.84. The number of hydrogen-bond donors (Lipinski definition) is 1. The number of hydrogen-bond acceptors (Lipinski definition) is 1. The summed E-state index contributed by atoms with van der Waals surface area (Å²) < 4.78 is 1.79. The number of benzene rings is 1. The second kappa shape index (κ2) is 4.86. The second-order valence-corrected chi connectivity index (χ2v) is 4.55. The molecule has 2 aromatic rings. The normalized spacial score (nSPS) is 10.6. The Hall–Kier alpha value is -1.74. The van der Waals surface area contributed by atoms with E-state index in [0.717, 1.165) is 16.8 Å². The quantitative estimate of drug-likeness (QED) is 0.914. The van der Waals surface area contributed by atoms with Crippen LogP contribution in [0, 0.1) is 6.92 Å². The van der Waals surface area contributed by atoms with E-state index < -0.39 is 5.97 Å². The van der Waals surface area contributed by atoms with Crippen LogP contribution in [0.5, 0.6) is 0 Å². The third-order valence-corrected chi connectivity index (χ3v) is 3.22. The van der Waals surface area contributed by atoms with Crippen molar-refractivity contribution in [3.8, 4) is 11.3 Å². The van der Waals surface area contributed by atoms with Gasteiger partial charge >= 0.3 is 5.97 Å². The first kappa shape index (κ1) is 12.7. The summed E-state index contributed by atoms with van der Waals surface area (Å²) in [6, 6.07) is 9.09. The molecule has 4 heteroatoms. The van der Waals surface area contributed by atoms with Crippen LogP contribution in [0.4, 0.5) is 0 Å². The highest BCUT2D eigenvalue weighted by Gasteiger charge is 2.15. The average molecular weight is 264 g/mol. The van der Waals surface area contributed by atoms with Gasteiger partial charge < -0.3 is 9.67 Å². The fourth-order valence-electron chi connectivity index (χ4n) is 2.14. The third kappa shape index (κ3) is 2.14. The minimum absolute atomic E-state index is 0.307. The molecule has 0 radical (unpaired) electrons. The van der Waals surface area contributed by atoms with Crippen LogP contribution in [-0.2, 0) is 6.54 Å². The van der Waals surface area contributed by atoms with Crippen LogP contribution in [0.3, 0.4) is 0 Å². The largest absolute Gasteiger partial charge is 0.477 e. The molecule has 18 heavy (non-hydrogen) atoms. The van der Waals surface area contributed by atoms with Gasteiger partial charge in [-0.3, -0.25) is 0 Å². The Bertz CT molecular complexity index is 602. The van der Waals surface area contributed by atoms with Crippen LogP contribution in [0.2, 0.25) is 5.02 Å². The minimum Gasteiger partial charge on any atom is -0.477 e. The fraction of sp³-hybridized carbons (Fsp3) is 0.214. The first-order valence-corrected chi connectivity index (χ1v) is 6.11. The van der Waals surface area contributed by atoms with Gasteiger partial charge in [0.2, 0.25) is 0 Å². The smallest absolute Gasteiger partial charge is 0.352 e. The Morgan fingerprint density at radius 3 is 2.61 bits per heavy atom. The standard InChI is InChI=1S/C14H14ClNO2/c1-3-16-12(6-7-13(16)14(17)18)11-5-4-10(15)8-9(11)2/h4-8H,3H2,1-2H3,(H,17,18). The SMILES string of the molecule is CCn1c(C(=O)O)ccc1-c1ccc(Cl)cc1C. The van der Waals surface area contributed by atoms with Crippen LogP contribution >= 0.6 is 11.6 Å². The molecule has 0 aliphatic rings. The molecule has 1 N–H and O–H groups in total. The Morgan fingerprint density at radius 2 is 2.06 bits per heavy atom. The van der Waals surface area contributed by atoms with Gasteiger partial charge in [-0.1, -0.05) is 17.7 Å². The van der Waals surface area contributed by atoms with Gasteiger partial charge in [0.05, 0.1) is 0 Å². The summed E-state index contributed by atoms with van der Waals surface area (Å²) in [5.41, 5.74) is 3.26. The molecule has 0 unspecified atom stereocenters. The number of rotatable bonds is 3.